The summed E-state index contributed by atoms with van der Waals surface area (Å²) in [5.74, 6) is 0.0263. The molecule has 8 heteroatoms. The van der Waals surface area contributed by atoms with E-state index in [1.54, 1.807) is 0 Å². The first kappa shape index (κ1) is 21.8. The highest BCUT2D eigenvalue weighted by molar-refractivity contribution is 6.07. The number of anilines is 1. The number of benzene rings is 2. The highest BCUT2D eigenvalue weighted by Gasteiger charge is 2.45. The van der Waals surface area contributed by atoms with Gasteiger partial charge in [-0.05, 0) is 37.5 Å². The largest absolute Gasteiger partial charge is 0.488 e. The molecule has 1 unspecified atom stereocenters. The lowest BCUT2D eigenvalue weighted by molar-refractivity contribution is -0.129. The summed E-state index contributed by atoms with van der Waals surface area (Å²) in [5, 5.41) is 2.95. The van der Waals surface area contributed by atoms with Crippen molar-refractivity contribution in [1.29, 1.82) is 0 Å². The van der Waals surface area contributed by atoms with Gasteiger partial charge in [-0.25, -0.2) is 9.69 Å². The molecule has 0 radical (unpaired) electrons. The van der Waals surface area contributed by atoms with Crippen molar-refractivity contribution < 1.29 is 23.9 Å². The second-order valence-corrected chi connectivity index (χ2v) is 8.70. The molecule has 168 valence electrons. The van der Waals surface area contributed by atoms with Crippen LogP contribution in [-0.4, -0.2) is 42.0 Å². The molecule has 4 rings (SSSR count). The number of carbonyl (C=O) groups excluding carboxylic acids is 3. The number of carbonyl (C=O) groups is 3. The number of nitrogens with one attached hydrogen (secondary N) is 1. The third-order valence-corrected chi connectivity index (χ3v) is 6.00. The van der Waals surface area contributed by atoms with Gasteiger partial charge in [-0.1, -0.05) is 36.4 Å². The van der Waals surface area contributed by atoms with Crippen molar-refractivity contribution in [3.63, 3.8) is 0 Å². The van der Waals surface area contributed by atoms with E-state index in [1.807, 2.05) is 57.2 Å². The molecule has 32 heavy (non-hydrogen) atoms. The van der Waals surface area contributed by atoms with Crippen molar-refractivity contribution in [3.8, 4) is 5.75 Å². The lowest BCUT2D eigenvalue weighted by Crippen LogP contribution is -2.46. The Kier molecular flexibility index (Phi) is 5.64. The molecular formula is C24H27N3O5. The lowest BCUT2D eigenvalue weighted by Gasteiger charge is -2.24. The van der Waals surface area contributed by atoms with E-state index in [-0.39, 0.29) is 25.6 Å². The highest BCUT2D eigenvalue weighted by Crippen LogP contribution is 2.49. The molecule has 0 saturated heterocycles. The van der Waals surface area contributed by atoms with Gasteiger partial charge in [0.2, 0.25) is 11.8 Å². The topological polar surface area (TPSA) is 111 Å². The number of hydrogen-bond acceptors (Lipinski definition) is 6. The van der Waals surface area contributed by atoms with Crippen LogP contribution in [0.25, 0.3) is 0 Å². The molecular weight excluding hydrogens is 410 g/mol. The fourth-order valence-corrected chi connectivity index (χ4v) is 4.24. The second kappa shape index (κ2) is 8.27. The second-order valence-electron chi connectivity index (χ2n) is 8.70. The molecule has 2 heterocycles. The van der Waals surface area contributed by atoms with Crippen LogP contribution in [0.1, 0.15) is 36.1 Å². The summed E-state index contributed by atoms with van der Waals surface area (Å²) in [7, 11) is 0. The van der Waals surface area contributed by atoms with Gasteiger partial charge >= 0.3 is 6.09 Å². The Hall–Kier alpha value is -3.39. The first-order valence-electron chi connectivity index (χ1n) is 10.6. The van der Waals surface area contributed by atoms with Crippen LogP contribution in [0.15, 0.2) is 36.4 Å². The molecule has 0 spiro atoms. The summed E-state index contributed by atoms with van der Waals surface area (Å²) < 4.78 is 11.5. The quantitative estimate of drug-likeness (QED) is 0.744. The minimum Gasteiger partial charge on any atom is -0.488 e. The Morgan fingerprint density at radius 3 is 2.69 bits per heavy atom. The van der Waals surface area contributed by atoms with Gasteiger partial charge in [0.1, 0.15) is 18.5 Å². The Bertz CT molecular complexity index is 1080. The average molecular weight is 437 g/mol. The number of hydrogen-bond donors (Lipinski definition) is 2. The molecule has 0 saturated carbocycles. The highest BCUT2D eigenvalue weighted by atomic mass is 16.6. The predicted molar refractivity (Wildman–Crippen MR) is 118 cm³/mol. The van der Waals surface area contributed by atoms with Crippen LogP contribution in [0.5, 0.6) is 5.75 Å². The van der Waals surface area contributed by atoms with Crippen LogP contribution in [-0.2, 0) is 32.8 Å². The van der Waals surface area contributed by atoms with Crippen LogP contribution in [0.4, 0.5) is 10.5 Å². The van der Waals surface area contributed by atoms with Gasteiger partial charge < -0.3 is 20.5 Å². The van der Waals surface area contributed by atoms with Crippen molar-refractivity contribution in [2.75, 3.05) is 18.4 Å². The number of rotatable bonds is 5. The van der Waals surface area contributed by atoms with Gasteiger partial charge in [-0.3, -0.25) is 9.59 Å². The van der Waals surface area contributed by atoms with E-state index in [2.05, 4.69) is 5.32 Å². The van der Waals surface area contributed by atoms with Crippen molar-refractivity contribution >= 4 is 23.6 Å². The smallest absolute Gasteiger partial charge is 0.417 e. The van der Waals surface area contributed by atoms with Gasteiger partial charge in [0, 0.05) is 12.0 Å². The Morgan fingerprint density at radius 2 is 2.00 bits per heavy atom. The van der Waals surface area contributed by atoms with Gasteiger partial charge in [0.05, 0.1) is 24.2 Å². The first-order valence-corrected chi connectivity index (χ1v) is 10.6. The van der Waals surface area contributed by atoms with Gasteiger partial charge in [-0.2, -0.15) is 0 Å². The zero-order valence-electron chi connectivity index (χ0n) is 18.4. The number of amides is 3. The van der Waals surface area contributed by atoms with E-state index in [0.29, 0.717) is 12.2 Å². The summed E-state index contributed by atoms with van der Waals surface area (Å²) in [6.07, 6.45) is -0.710. The van der Waals surface area contributed by atoms with Gasteiger partial charge in [-0.15, -0.1) is 0 Å². The van der Waals surface area contributed by atoms with Crippen LogP contribution in [0.3, 0.4) is 0 Å². The molecule has 0 bridgehead atoms. The van der Waals surface area contributed by atoms with Crippen molar-refractivity contribution in [1.82, 2.24) is 4.90 Å². The van der Waals surface area contributed by atoms with E-state index >= 15 is 0 Å². The number of imide groups is 1. The molecule has 1 atom stereocenters. The van der Waals surface area contributed by atoms with E-state index in [0.717, 1.165) is 32.8 Å². The fourth-order valence-electron chi connectivity index (χ4n) is 4.24. The van der Waals surface area contributed by atoms with Crippen LogP contribution in [0.2, 0.25) is 0 Å². The van der Waals surface area contributed by atoms with Crippen LogP contribution < -0.4 is 15.8 Å². The zero-order chi connectivity index (χ0) is 23.0. The Labute approximate surface area is 186 Å². The van der Waals surface area contributed by atoms with E-state index < -0.39 is 23.5 Å². The van der Waals surface area contributed by atoms with Crippen molar-refractivity contribution in [2.45, 2.75) is 45.3 Å². The average Bonchev–Trinajstić information content (AvgIpc) is 3.28. The summed E-state index contributed by atoms with van der Waals surface area (Å²) in [6.45, 7) is 5.40. The standard InChI is InChI=1S/C24H27N3O5/c1-14-9-16-10-17(32-21(16)19-20(14)26-22(29)24(19,2)3)12-27(18(28)11-25)23(30)31-13-15-7-5-4-6-8-15/h4-9,17H,10-13,25H2,1-3H3,(H,26,29). The molecule has 2 aliphatic rings. The molecule has 3 amide bonds. The third kappa shape index (κ3) is 3.82. The molecule has 3 N–H and O–H groups in total. The summed E-state index contributed by atoms with van der Waals surface area (Å²) in [6, 6.07) is 11.2. The predicted octanol–water partition coefficient (Wildman–Crippen LogP) is 2.65. The van der Waals surface area contributed by atoms with Gasteiger partial charge in [0.15, 0.2) is 0 Å². The maximum absolute atomic E-state index is 12.7. The van der Waals surface area contributed by atoms with Crippen LogP contribution in [0, 0.1) is 6.92 Å². The molecule has 8 nitrogen and oxygen atoms in total. The maximum Gasteiger partial charge on any atom is 0.417 e. The molecule has 2 aliphatic heterocycles. The number of fused-ring (bicyclic) bond motifs is 3. The SMILES string of the molecule is Cc1cc2c(c3c1NC(=O)C3(C)C)OC(CN(C(=O)CN)C(=O)OCc1ccccc1)C2. The minimum atomic E-state index is -0.762. The van der Waals surface area contributed by atoms with Crippen molar-refractivity contribution in [2.24, 2.45) is 5.73 Å². The third-order valence-electron chi connectivity index (χ3n) is 6.00. The van der Waals surface area contributed by atoms with Crippen molar-refractivity contribution in [3.05, 3.63) is 58.7 Å². The molecule has 2 aromatic carbocycles. The monoisotopic (exact) mass is 437 g/mol. The number of nitrogens with zero attached hydrogens (tertiary/aromatic N) is 1. The zero-order valence-corrected chi connectivity index (χ0v) is 18.4. The summed E-state index contributed by atoms with van der Waals surface area (Å²) in [4.78, 5) is 38.6. The first-order chi connectivity index (χ1) is 15.2. The number of nitrogens with two attached hydrogens (primary N) is 1. The van der Waals surface area contributed by atoms with Crippen LogP contribution >= 0.6 is 0 Å². The number of aryl methyl sites for hydroxylation is 1. The van der Waals surface area contributed by atoms with E-state index in [9.17, 15) is 14.4 Å². The fraction of sp³-hybridized carbons (Fsp3) is 0.375. The Morgan fingerprint density at radius 1 is 1.28 bits per heavy atom. The normalized spacial score (nSPS) is 17.8. The molecule has 2 aromatic rings. The summed E-state index contributed by atoms with van der Waals surface area (Å²) >= 11 is 0. The molecule has 0 aromatic heterocycles. The molecule has 0 aliphatic carbocycles. The van der Waals surface area contributed by atoms with Gasteiger partial charge in [0.25, 0.3) is 0 Å². The van der Waals surface area contributed by atoms with E-state index in [4.69, 9.17) is 15.2 Å². The number of ether oxygens (including phenoxy) is 2. The minimum absolute atomic E-state index is 0.00790. The maximum atomic E-state index is 12.7. The lowest BCUT2D eigenvalue weighted by atomic mass is 9.83. The summed E-state index contributed by atoms with van der Waals surface area (Å²) in [5.41, 5.74) is 9.12. The molecule has 0 fully saturated rings. The Balaban J connectivity index is 1.51. The van der Waals surface area contributed by atoms with E-state index in [1.165, 1.54) is 0 Å².